The van der Waals surface area contributed by atoms with E-state index in [9.17, 15) is 0 Å². The van der Waals surface area contributed by atoms with Crippen LogP contribution in [-0.4, -0.2) is 55.4 Å². The summed E-state index contributed by atoms with van der Waals surface area (Å²) in [5, 5.41) is 3.36. The van der Waals surface area contributed by atoms with Gasteiger partial charge in [-0.2, -0.15) is 0 Å². The first-order valence-electron chi connectivity index (χ1n) is 6.98. The molecule has 1 aromatic rings. The Morgan fingerprint density at radius 2 is 2.37 bits per heavy atom. The van der Waals surface area contributed by atoms with E-state index in [1.165, 1.54) is 0 Å². The van der Waals surface area contributed by atoms with E-state index >= 15 is 0 Å². The lowest BCUT2D eigenvalue weighted by Gasteiger charge is -2.32. The van der Waals surface area contributed by atoms with Crippen LogP contribution in [0.4, 0.5) is 5.69 Å². The Bertz CT molecular complexity index is 369. The Morgan fingerprint density at radius 1 is 1.47 bits per heavy atom. The number of hydrogen-bond donors (Lipinski definition) is 1. The maximum Gasteiger partial charge on any atom is 0.213 e. The molecular formula is C14H23N3O2. The lowest BCUT2D eigenvalue weighted by atomic mass is 10.2. The minimum atomic E-state index is 0.250. The lowest BCUT2D eigenvalue weighted by Crippen LogP contribution is -2.45. The molecule has 1 aromatic heterocycles. The van der Waals surface area contributed by atoms with Crippen molar-refractivity contribution < 1.29 is 9.47 Å². The van der Waals surface area contributed by atoms with E-state index in [0.29, 0.717) is 12.5 Å². The van der Waals surface area contributed by atoms with Crippen LogP contribution in [0.15, 0.2) is 18.3 Å². The van der Waals surface area contributed by atoms with Crippen molar-refractivity contribution in [2.24, 2.45) is 0 Å². The summed E-state index contributed by atoms with van der Waals surface area (Å²) in [4.78, 5) is 6.64. The van der Waals surface area contributed by atoms with Crippen LogP contribution in [0.1, 0.15) is 13.8 Å². The molecule has 0 aromatic carbocycles. The summed E-state index contributed by atoms with van der Waals surface area (Å²) in [6, 6.07) is 3.87. The summed E-state index contributed by atoms with van der Waals surface area (Å²) in [5.41, 5.74) is 1.00. The van der Waals surface area contributed by atoms with Crippen molar-refractivity contribution in [3.63, 3.8) is 0 Å². The van der Waals surface area contributed by atoms with Gasteiger partial charge in [-0.3, -0.25) is 4.90 Å². The fourth-order valence-electron chi connectivity index (χ4n) is 2.14. The summed E-state index contributed by atoms with van der Waals surface area (Å²) in [7, 11) is 0. The molecule has 19 heavy (non-hydrogen) atoms. The molecule has 1 saturated heterocycles. The summed E-state index contributed by atoms with van der Waals surface area (Å²) < 4.78 is 11.1. The number of likely N-dealkylation sites (N-methyl/N-ethyl adjacent to an activating group) is 1. The van der Waals surface area contributed by atoms with E-state index in [1.54, 1.807) is 6.20 Å². The summed E-state index contributed by atoms with van der Waals surface area (Å²) in [6.07, 6.45) is 2.05. The fraction of sp³-hybridized carbons (Fsp3) is 0.643. The minimum Gasteiger partial charge on any atom is -0.478 e. The first-order chi connectivity index (χ1) is 9.31. The fourth-order valence-corrected chi connectivity index (χ4v) is 2.14. The van der Waals surface area contributed by atoms with Gasteiger partial charge in [0.2, 0.25) is 5.88 Å². The Hall–Kier alpha value is -1.33. The Balaban J connectivity index is 1.78. The van der Waals surface area contributed by atoms with Crippen molar-refractivity contribution in [2.75, 3.05) is 44.7 Å². The number of aromatic nitrogens is 1. The maximum absolute atomic E-state index is 5.74. The van der Waals surface area contributed by atoms with Crippen LogP contribution in [0.25, 0.3) is 0 Å². The second-order valence-corrected chi connectivity index (χ2v) is 4.59. The van der Waals surface area contributed by atoms with E-state index in [0.717, 1.165) is 38.5 Å². The van der Waals surface area contributed by atoms with Crippen molar-refractivity contribution in [2.45, 2.75) is 20.0 Å². The zero-order chi connectivity index (χ0) is 13.5. The zero-order valence-corrected chi connectivity index (χ0v) is 11.8. The lowest BCUT2D eigenvalue weighted by molar-refractivity contribution is -0.0191. The number of hydrogen-bond acceptors (Lipinski definition) is 5. The molecule has 1 atom stereocenters. The Kier molecular flexibility index (Phi) is 5.42. The van der Waals surface area contributed by atoms with Gasteiger partial charge < -0.3 is 14.8 Å². The van der Waals surface area contributed by atoms with E-state index < -0.39 is 0 Å². The molecule has 2 heterocycles. The molecule has 0 saturated carbocycles. The van der Waals surface area contributed by atoms with E-state index in [2.05, 4.69) is 22.1 Å². The summed E-state index contributed by atoms with van der Waals surface area (Å²) >= 11 is 0. The van der Waals surface area contributed by atoms with Gasteiger partial charge in [-0.1, -0.05) is 6.92 Å². The van der Waals surface area contributed by atoms with Crippen molar-refractivity contribution in [3.05, 3.63) is 18.3 Å². The predicted molar refractivity (Wildman–Crippen MR) is 75.7 cm³/mol. The molecule has 1 unspecified atom stereocenters. The molecule has 0 aliphatic carbocycles. The van der Waals surface area contributed by atoms with Crippen LogP contribution < -0.4 is 10.1 Å². The number of nitrogens with one attached hydrogen (secondary N) is 1. The van der Waals surface area contributed by atoms with Crippen molar-refractivity contribution >= 4 is 5.69 Å². The molecule has 0 bridgehead atoms. The highest BCUT2D eigenvalue weighted by atomic mass is 16.5. The van der Waals surface area contributed by atoms with Gasteiger partial charge in [0.15, 0.2) is 0 Å². The normalized spacial score (nSPS) is 20.2. The molecule has 106 valence electrons. The smallest absolute Gasteiger partial charge is 0.213 e. The van der Waals surface area contributed by atoms with Crippen LogP contribution in [-0.2, 0) is 4.74 Å². The first-order valence-corrected chi connectivity index (χ1v) is 6.98. The number of ether oxygens (including phenoxy) is 2. The van der Waals surface area contributed by atoms with Gasteiger partial charge in [0.1, 0.15) is 0 Å². The highest BCUT2D eigenvalue weighted by Gasteiger charge is 2.18. The molecule has 5 nitrogen and oxygen atoms in total. The van der Waals surface area contributed by atoms with Crippen molar-refractivity contribution in [1.29, 1.82) is 0 Å². The van der Waals surface area contributed by atoms with E-state index in [-0.39, 0.29) is 6.10 Å². The molecule has 1 N–H and O–H groups in total. The van der Waals surface area contributed by atoms with E-state index in [1.807, 2.05) is 19.1 Å². The molecule has 1 aliphatic heterocycles. The first kappa shape index (κ1) is 14.1. The van der Waals surface area contributed by atoms with Crippen LogP contribution in [0.3, 0.4) is 0 Å². The highest BCUT2D eigenvalue weighted by molar-refractivity contribution is 5.42. The van der Waals surface area contributed by atoms with Gasteiger partial charge in [-0.05, 0) is 19.5 Å². The third-order valence-electron chi connectivity index (χ3n) is 3.23. The second kappa shape index (κ2) is 7.31. The second-order valence-electron chi connectivity index (χ2n) is 4.59. The average molecular weight is 265 g/mol. The van der Waals surface area contributed by atoms with Gasteiger partial charge in [0, 0.05) is 25.7 Å². The predicted octanol–water partition coefficient (Wildman–Crippen LogP) is 1.61. The molecular weight excluding hydrogens is 242 g/mol. The maximum atomic E-state index is 5.74. The standard InChI is InChI=1S/C14H23N3O2/c1-3-17-7-8-19-13(11-17)10-15-12-5-6-14(16-9-12)18-4-2/h5-6,9,13,15H,3-4,7-8,10-11H2,1-2H3. The minimum absolute atomic E-state index is 0.250. The molecule has 1 aliphatic rings. The van der Waals surface area contributed by atoms with Gasteiger partial charge in [0.25, 0.3) is 0 Å². The zero-order valence-electron chi connectivity index (χ0n) is 11.8. The molecule has 5 heteroatoms. The Labute approximate surface area is 114 Å². The highest BCUT2D eigenvalue weighted by Crippen LogP contribution is 2.12. The van der Waals surface area contributed by atoms with Gasteiger partial charge in [0.05, 0.1) is 31.2 Å². The number of rotatable bonds is 6. The summed E-state index contributed by atoms with van der Waals surface area (Å²) in [6.45, 7) is 9.53. The largest absolute Gasteiger partial charge is 0.478 e. The van der Waals surface area contributed by atoms with Gasteiger partial charge in [-0.15, -0.1) is 0 Å². The monoisotopic (exact) mass is 265 g/mol. The molecule has 0 radical (unpaired) electrons. The molecule has 1 fully saturated rings. The molecule has 0 amide bonds. The summed E-state index contributed by atoms with van der Waals surface area (Å²) in [5.74, 6) is 0.666. The Morgan fingerprint density at radius 3 is 3.05 bits per heavy atom. The van der Waals surface area contributed by atoms with Crippen LogP contribution in [0.2, 0.25) is 0 Å². The molecule has 2 rings (SSSR count). The SMILES string of the molecule is CCOc1ccc(NCC2CN(CC)CCO2)cn1. The third kappa shape index (κ3) is 4.36. The number of anilines is 1. The van der Waals surface area contributed by atoms with E-state index in [4.69, 9.17) is 9.47 Å². The van der Waals surface area contributed by atoms with Gasteiger partial charge in [-0.25, -0.2) is 4.98 Å². The number of pyridine rings is 1. The van der Waals surface area contributed by atoms with Crippen LogP contribution in [0.5, 0.6) is 5.88 Å². The third-order valence-corrected chi connectivity index (χ3v) is 3.23. The topological polar surface area (TPSA) is 46.6 Å². The average Bonchev–Trinajstić information content (AvgIpc) is 2.47. The van der Waals surface area contributed by atoms with Crippen molar-refractivity contribution in [3.8, 4) is 5.88 Å². The van der Waals surface area contributed by atoms with Crippen molar-refractivity contribution in [1.82, 2.24) is 9.88 Å². The number of morpholine rings is 1. The van der Waals surface area contributed by atoms with Crippen LogP contribution in [0, 0.1) is 0 Å². The van der Waals surface area contributed by atoms with Crippen LogP contribution >= 0.6 is 0 Å². The number of nitrogens with zero attached hydrogens (tertiary/aromatic N) is 2. The molecule has 0 spiro atoms. The van der Waals surface area contributed by atoms with Gasteiger partial charge >= 0.3 is 0 Å². The quantitative estimate of drug-likeness (QED) is 0.847.